The van der Waals surface area contributed by atoms with E-state index in [-0.39, 0.29) is 30.3 Å². The van der Waals surface area contributed by atoms with Crippen LogP contribution in [-0.2, 0) is 20.4 Å². The Morgan fingerprint density at radius 1 is 0.500 bits per heavy atom. The van der Waals surface area contributed by atoms with E-state index in [0.29, 0.717) is 0 Å². The molecule has 1 atom stereocenters. The van der Waals surface area contributed by atoms with E-state index in [4.69, 9.17) is 0 Å². The molecular formula is C12H13PPd. The van der Waals surface area contributed by atoms with Crippen molar-refractivity contribution in [2.45, 2.75) is 0 Å². The number of hydrogen-bond donors (Lipinski definition) is 0. The van der Waals surface area contributed by atoms with E-state index in [9.17, 15) is 0 Å². The van der Waals surface area contributed by atoms with Crippen molar-refractivity contribution >= 4 is 9.90 Å². The molecule has 14 heavy (non-hydrogen) atoms. The van der Waals surface area contributed by atoms with Crippen LogP contribution in [0.15, 0.2) is 60.7 Å². The quantitative estimate of drug-likeness (QED) is 0.398. The summed E-state index contributed by atoms with van der Waals surface area (Å²) in [5.41, 5.74) is 0. The first-order valence-electron chi connectivity index (χ1n) is 3.82. The van der Waals surface area contributed by atoms with E-state index in [0.717, 1.165) is 0 Å². The molecule has 0 aromatic heterocycles. The largest absolute Gasteiger partial charge is 2.00 e. The number of hydrogen-bond acceptors (Lipinski definition) is 0. The van der Waals surface area contributed by atoms with Crippen molar-refractivity contribution in [2.75, 3.05) is 0 Å². The molecule has 0 amide bonds. The molecule has 0 heterocycles. The second-order valence-electron chi connectivity index (χ2n) is 2.15. The Kier molecular flexibility index (Phi) is 14.3. The van der Waals surface area contributed by atoms with Gasteiger partial charge in [-0.1, -0.05) is 0 Å². The van der Waals surface area contributed by atoms with Crippen LogP contribution in [0.1, 0.15) is 0 Å². The Morgan fingerprint density at radius 2 is 0.786 bits per heavy atom. The van der Waals surface area contributed by atoms with Gasteiger partial charge in [-0.3, -0.25) is 0 Å². The van der Waals surface area contributed by atoms with Crippen molar-refractivity contribution in [3.8, 4) is 0 Å². The molecular weight excluding hydrogens is 282 g/mol. The van der Waals surface area contributed by atoms with Crippen LogP contribution < -0.4 is 0 Å². The minimum absolute atomic E-state index is 0. The van der Waals surface area contributed by atoms with Crippen LogP contribution >= 0.6 is 9.90 Å². The maximum atomic E-state index is 2.89. The van der Waals surface area contributed by atoms with Gasteiger partial charge >= 0.3 is 20.4 Å². The maximum absolute atomic E-state index is 2.89. The molecule has 2 aromatic rings. The average molecular weight is 295 g/mol. The molecule has 0 N–H and O–H groups in total. The van der Waals surface area contributed by atoms with Crippen molar-refractivity contribution in [3.63, 3.8) is 0 Å². The first kappa shape index (κ1) is 16.0. The minimum Gasteiger partial charge on any atom is -0.184 e. The fraction of sp³-hybridized carbons (Fsp3) is 0. The van der Waals surface area contributed by atoms with Crippen molar-refractivity contribution in [3.05, 3.63) is 72.8 Å². The summed E-state index contributed by atoms with van der Waals surface area (Å²) in [5.74, 6) is 0. The van der Waals surface area contributed by atoms with Crippen LogP contribution in [-0.4, -0.2) is 0 Å². The third-order valence-electron chi connectivity index (χ3n) is 1.21. The third kappa shape index (κ3) is 9.62. The van der Waals surface area contributed by atoms with Gasteiger partial charge in [0, 0.05) is 0 Å². The summed E-state index contributed by atoms with van der Waals surface area (Å²) in [5, 5.41) is 0. The molecule has 0 aliphatic carbocycles. The fourth-order valence-electron chi connectivity index (χ4n) is 0.684. The van der Waals surface area contributed by atoms with Gasteiger partial charge in [-0.2, -0.15) is 82.7 Å². The number of benzene rings is 2. The van der Waals surface area contributed by atoms with E-state index >= 15 is 0 Å². The summed E-state index contributed by atoms with van der Waals surface area (Å²) < 4.78 is 0. The summed E-state index contributed by atoms with van der Waals surface area (Å²) in [7, 11) is 0. The zero-order chi connectivity index (χ0) is 8.49. The Labute approximate surface area is 103 Å². The molecule has 0 radical (unpaired) electrons. The minimum atomic E-state index is 0. The molecule has 0 aliphatic rings. The zero-order valence-electron chi connectivity index (χ0n) is 7.80. The smallest absolute Gasteiger partial charge is 0.184 e. The molecule has 0 bridgehead atoms. The van der Waals surface area contributed by atoms with Crippen LogP contribution in [0.3, 0.4) is 0 Å². The van der Waals surface area contributed by atoms with E-state index in [1.54, 1.807) is 0 Å². The molecule has 2 heteroatoms. The van der Waals surface area contributed by atoms with Crippen LogP contribution in [0.2, 0.25) is 0 Å². The molecule has 2 rings (SSSR count). The fourth-order valence-corrected chi connectivity index (χ4v) is 0.684. The maximum Gasteiger partial charge on any atom is 2.00 e. The third-order valence-corrected chi connectivity index (χ3v) is 1.21. The summed E-state index contributed by atoms with van der Waals surface area (Å²) in [6.07, 6.45) is 0. The Hall–Kier alpha value is -0.468. The van der Waals surface area contributed by atoms with Crippen LogP contribution in [0, 0.1) is 12.1 Å². The monoisotopic (exact) mass is 294 g/mol. The Bertz CT molecular complexity index is 186. The van der Waals surface area contributed by atoms with Crippen molar-refractivity contribution in [1.29, 1.82) is 0 Å². The van der Waals surface area contributed by atoms with E-state index in [2.05, 4.69) is 12.1 Å². The topological polar surface area (TPSA) is 0 Å². The van der Waals surface area contributed by atoms with E-state index < -0.39 is 0 Å². The molecule has 0 saturated heterocycles. The molecule has 1 unspecified atom stereocenters. The van der Waals surface area contributed by atoms with Crippen molar-refractivity contribution in [2.24, 2.45) is 0 Å². The van der Waals surface area contributed by atoms with Gasteiger partial charge in [-0.15, -0.1) is 0 Å². The van der Waals surface area contributed by atoms with Crippen LogP contribution in [0.25, 0.3) is 0 Å². The molecule has 0 aliphatic heterocycles. The second-order valence-corrected chi connectivity index (χ2v) is 2.15. The first-order valence-corrected chi connectivity index (χ1v) is 3.82. The standard InChI is InChI=1S/2C6H5.H3P.Pd/c2*1-2-4-6-5-3-1;;/h2*1-5H;1H3;/q2*-1;;+2. The zero-order valence-corrected chi connectivity index (χ0v) is 10.8. The van der Waals surface area contributed by atoms with E-state index in [1.165, 1.54) is 0 Å². The second kappa shape index (κ2) is 12.5. The van der Waals surface area contributed by atoms with Crippen molar-refractivity contribution in [1.82, 2.24) is 0 Å². The van der Waals surface area contributed by atoms with Gasteiger partial charge in [0.25, 0.3) is 0 Å². The van der Waals surface area contributed by atoms with Gasteiger partial charge in [0.05, 0.1) is 0 Å². The SMILES string of the molecule is P.[Pd+2].[c-]1ccccc1.[c-]1ccccc1. The van der Waals surface area contributed by atoms with Gasteiger partial charge in [0.2, 0.25) is 0 Å². The van der Waals surface area contributed by atoms with Gasteiger partial charge in [0.15, 0.2) is 0 Å². The number of rotatable bonds is 0. The summed E-state index contributed by atoms with van der Waals surface area (Å²) >= 11 is 0. The molecule has 2 aromatic carbocycles. The Balaban J connectivity index is 0. The summed E-state index contributed by atoms with van der Waals surface area (Å²) in [6.45, 7) is 0. The average Bonchev–Trinajstić information content (AvgIpc) is 2.24. The molecule has 0 spiro atoms. The first-order chi connectivity index (χ1) is 6.00. The summed E-state index contributed by atoms with van der Waals surface area (Å²) in [6, 6.07) is 25.0. The molecule has 76 valence electrons. The normalized spacial score (nSPS) is 6.86. The van der Waals surface area contributed by atoms with Gasteiger partial charge in [-0.25, -0.2) is 0 Å². The van der Waals surface area contributed by atoms with Crippen molar-refractivity contribution < 1.29 is 20.4 Å². The van der Waals surface area contributed by atoms with Crippen LogP contribution in [0.4, 0.5) is 0 Å². The summed E-state index contributed by atoms with van der Waals surface area (Å²) in [4.78, 5) is 0. The molecule has 0 saturated carbocycles. The van der Waals surface area contributed by atoms with E-state index in [1.807, 2.05) is 60.7 Å². The van der Waals surface area contributed by atoms with Gasteiger partial charge in [-0.05, 0) is 0 Å². The van der Waals surface area contributed by atoms with Gasteiger partial charge < -0.3 is 0 Å². The van der Waals surface area contributed by atoms with Crippen LogP contribution in [0.5, 0.6) is 0 Å². The predicted octanol–water partition coefficient (Wildman–Crippen LogP) is 3.03. The molecule has 0 fully saturated rings. The van der Waals surface area contributed by atoms with Gasteiger partial charge in [0.1, 0.15) is 0 Å². The Morgan fingerprint density at radius 3 is 0.857 bits per heavy atom. The molecule has 0 nitrogen and oxygen atoms in total. The predicted molar refractivity (Wildman–Crippen MR) is 61.7 cm³/mol.